The molecule has 3 rings (SSSR count). The summed E-state index contributed by atoms with van der Waals surface area (Å²) >= 11 is 0. The minimum Gasteiger partial charge on any atom is -0.373 e. The lowest BCUT2D eigenvalue weighted by molar-refractivity contribution is -0.123. The third-order valence-electron chi connectivity index (χ3n) is 5.83. The van der Waals surface area contributed by atoms with Crippen molar-refractivity contribution >= 4 is 5.91 Å². The number of rotatable bonds is 6. The molecular weight excluding hydrogens is 312 g/mol. The first kappa shape index (κ1) is 18.4. The van der Waals surface area contributed by atoms with Crippen molar-refractivity contribution in [1.29, 1.82) is 0 Å². The molecule has 138 valence electrons. The van der Waals surface area contributed by atoms with Crippen molar-refractivity contribution in [2.24, 2.45) is 17.8 Å². The summed E-state index contributed by atoms with van der Waals surface area (Å²) in [5, 5.41) is 6.58. The first-order valence-corrected chi connectivity index (χ1v) is 9.88. The van der Waals surface area contributed by atoms with E-state index in [9.17, 15) is 4.79 Å². The maximum atomic E-state index is 12.4. The summed E-state index contributed by atoms with van der Waals surface area (Å²) < 4.78 is 6.03. The van der Waals surface area contributed by atoms with Gasteiger partial charge < -0.3 is 15.4 Å². The highest BCUT2D eigenvalue weighted by Gasteiger charge is 2.28. The quantitative estimate of drug-likeness (QED) is 0.832. The maximum Gasteiger partial charge on any atom is 0.220 e. The molecule has 2 saturated heterocycles. The van der Waals surface area contributed by atoms with E-state index in [1.54, 1.807) is 0 Å². The van der Waals surface area contributed by atoms with Crippen LogP contribution in [0.1, 0.15) is 50.7 Å². The van der Waals surface area contributed by atoms with Crippen LogP contribution in [-0.2, 0) is 9.53 Å². The second-order valence-corrected chi connectivity index (χ2v) is 7.68. The minimum atomic E-state index is 0.108. The summed E-state index contributed by atoms with van der Waals surface area (Å²) in [7, 11) is 0. The zero-order chi connectivity index (χ0) is 17.5. The van der Waals surface area contributed by atoms with Gasteiger partial charge in [0, 0.05) is 25.5 Å². The average molecular weight is 344 g/mol. The SMILES string of the molecule is CC(CC(=O)NCC1CCCOC1c1ccccc1)C1CCNCC1. The smallest absolute Gasteiger partial charge is 0.220 e. The summed E-state index contributed by atoms with van der Waals surface area (Å²) in [4.78, 5) is 12.4. The molecule has 1 aromatic rings. The lowest BCUT2D eigenvalue weighted by Gasteiger charge is -2.32. The van der Waals surface area contributed by atoms with Crippen LogP contribution >= 0.6 is 0 Å². The largest absolute Gasteiger partial charge is 0.373 e. The Morgan fingerprint density at radius 3 is 2.76 bits per heavy atom. The number of carbonyl (C=O) groups excluding carboxylic acids is 1. The second kappa shape index (κ2) is 9.35. The van der Waals surface area contributed by atoms with Crippen LogP contribution in [0, 0.1) is 17.8 Å². The van der Waals surface area contributed by atoms with Gasteiger partial charge in [0.25, 0.3) is 0 Å². The predicted octanol–water partition coefficient (Wildman–Crippen LogP) is 3.30. The van der Waals surface area contributed by atoms with Gasteiger partial charge in [0.1, 0.15) is 0 Å². The van der Waals surface area contributed by atoms with Crippen LogP contribution in [0.2, 0.25) is 0 Å². The van der Waals surface area contributed by atoms with Gasteiger partial charge in [0.2, 0.25) is 5.91 Å². The van der Waals surface area contributed by atoms with Crippen LogP contribution in [0.4, 0.5) is 0 Å². The molecule has 2 N–H and O–H groups in total. The molecule has 25 heavy (non-hydrogen) atoms. The second-order valence-electron chi connectivity index (χ2n) is 7.68. The molecule has 3 unspecified atom stereocenters. The minimum absolute atomic E-state index is 0.108. The van der Waals surface area contributed by atoms with Gasteiger partial charge in [-0.05, 0) is 56.2 Å². The Bertz CT molecular complexity index is 528. The summed E-state index contributed by atoms with van der Waals surface area (Å²) in [6.07, 6.45) is 5.34. The molecule has 0 bridgehead atoms. The molecule has 0 saturated carbocycles. The lowest BCUT2D eigenvalue weighted by atomic mass is 9.84. The summed E-state index contributed by atoms with van der Waals surface area (Å²) in [5.41, 5.74) is 1.23. The number of piperidine rings is 1. The van der Waals surface area contributed by atoms with Gasteiger partial charge in [-0.15, -0.1) is 0 Å². The van der Waals surface area contributed by atoms with Crippen molar-refractivity contribution < 1.29 is 9.53 Å². The molecule has 0 spiro atoms. The van der Waals surface area contributed by atoms with Crippen molar-refractivity contribution in [2.75, 3.05) is 26.2 Å². The van der Waals surface area contributed by atoms with Crippen LogP contribution in [0.3, 0.4) is 0 Å². The summed E-state index contributed by atoms with van der Waals surface area (Å²) in [5.74, 6) is 1.72. The first-order chi connectivity index (χ1) is 12.2. The van der Waals surface area contributed by atoms with Crippen LogP contribution in [0.5, 0.6) is 0 Å². The highest BCUT2D eigenvalue weighted by Crippen LogP contribution is 2.33. The molecule has 2 fully saturated rings. The lowest BCUT2D eigenvalue weighted by Crippen LogP contribution is -2.37. The van der Waals surface area contributed by atoms with E-state index < -0.39 is 0 Å². The van der Waals surface area contributed by atoms with Crippen molar-refractivity contribution in [3.8, 4) is 0 Å². The highest BCUT2D eigenvalue weighted by atomic mass is 16.5. The fraction of sp³-hybridized carbons (Fsp3) is 0.667. The average Bonchev–Trinajstić information content (AvgIpc) is 2.68. The van der Waals surface area contributed by atoms with E-state index in [-0.39, 0.29) is 12.0 Å². The van der Waals surface area contributed by atoms with E-state index in [0.29, 0.717) is 24.2 Å². The third-order valence-corrected chi connectivity index (χ3v) is 5.83. The maximum absolute atomic E-state index is 12.4. The van der Waals surface area contributed by atoms with E-state index in [1.165, 1.54) is 18.4 Å². The van der Waals surface area contributed by atoms with Gasteiger partial charge in [-0.25, -0.2) is 0 Å². The Hall–Kier alpha value is -1.39. The standard InChI is InChI=1S/C21H32N2O2/c1-16(17-9-11-22-12-10-17)14-20(24)23-15-19-8-5-13-25-21(19)18-6-3-2-4-7-18/h2-4,6-7,16-17,19,21-22H,5,8-15H2,1H3,(H,23,24). The van der Waals surface area contributed by atoms with Crippen LogP contribution in [0.25, 0.3) is 0 Å². The van der Waals surface area contributed by atoms with E-state index in [4.69, 9.17) is 4.74 Å². The van der Waals surface area contributed by atoms with E-state index in [0.717, 1.165) is 39.1 Å². The van der Waals surface area contributed by atoms with Gasteiger partial charge >= 0.3 is 0 Å². The Kier molecular flexibility index (Phi) is 6.88. The molecule has 1 amide bonds. The molecule has 2 heterocycles. The van der Waals surface area contributed by atoms with Gasteiger partial charge in [-0.1, -0.05) is 37.3 Å². The Morgan fingerprint density at radius 2 is 2.00 bits per heavy atom. The van der Waals surface area contributed by atoms with Crippen LogP contribution in [0.15, 0.2) is 30.3 Å². The molecule has 0 aromatic heterocycles. The molecule has 4 nitrogen and oxygen atoms in total. The van der Waals surface area contributed by atoms with Crippen LogP contribution in [-0.4, -0.2) is 32.1 Å². The number of nitrogens with one attached hydrogen (secondary N) is 2. The van der Waals surface area contributed by atoms with Crippen molar-refractivity contribution in [1.82, 2.24) is 10.6 Å². The molecule has 2 aliphatic heterocycles. The molecule has 0 radical (unpaired) electrons. The topological polar surface area (TPSA) is 50.4 Å². The number of amides is 1. The number of ether oxygens (including phenoxy) is 1. The van der Waals surface area contributed by atoms with Gasteiger partial charge in [-0.3, -0.25) is 4.79 Å². The normalized spacial score (nSPS) is 26.1. The Balaban J connectivity index is 1.48. The Labute approximate surface area is 151 Å². The summed E-state index contributed by atoms with van der Waals surface area (Å²) in [6.45, 7) is 5.95. The van der Waals surface area contributed by atoms with Crippen molar-refractivity contribution in [3.63, 3.8) is 0 Å². The fourth-order valence-corrected chi connectivity index (χ4v) is 4.25. The van der Waals surface area contributed by atoms with E-state index in [2.05, 4.69) is 41.8 Å². The molecule has 4 heteroatoms. The van der Waals surface area contributed by atoms with Crippen molar-refractivity contribution in [3.05, 3.63) is 35.9 Å². The zero-order valence-corrected chi connectivity index (χ0v) is 15.4. The summed E-state index contributed by atoms with van der Waals surface area (Å²) in [6, 6.07) is 10.4. The molecular formula is C21H32N2O2. The van der Waals surface area contributed by atoms with E-state index in [1.807, 2.05) is 6.07 Å². The van der Waals surface area contributed by atoms with Crippen molar-refractivity contribution in [2.45, 2.75) is 45.1 Å². The third kappa shape index (κ3) is 5.29. The first-order valence-electron chi connectivity index (χ1n) is 9.88. The van der Waals surface area contributed by atoms with Gasteiger partial charge in [0.15, 0.2) is 0 Å². The zero-order valence-electron chi connectivity index (χ0n) is 15.4. The van der Waals surface area contributed by atoms with Crippen LogP contribution < -0.4 is 10.6 Å². The molecule has 0 aliphatic carbocycles. The monoisotopic (exact) mass is 344 g/mol. The predicted molar refractivity (Wildman–Crippen MR) is 100 cm³/mol. The van der Waals surface area contributed by atoms with Gasteiger partial charge in [0.05, 0.1) is 6.10 Å². The highest BCUT2D eigenvalue weighted by molar-refractivity contribution is 5.76. The van der Waals surface area contributed by atoms with E-state index >= 15 is 0 Å². The number of hydrogen-bond acceptors (Lipinski definition) is 3. The number of hydrogen-bond donors (Lipinski definition) is 2. The Morgan fingerprint density at radius 1 is 1.24 bits per heavy atom. The van der Waals surface area contributed by atoms with Gasteiger partial charge in [-0.2, -0.15) is 0 Å². The molecule has 1 aromatic carbocycles. The fourth-order valence-electron chi connectivity index (χ4n) is 4.25. The number of benzene rings is 1. The molecule has 2 aliphatic rings. The number of carbonyl (C=O) groups is 1. The molecule has 3 atom stereocenters.